The monoisotopic (exact) mass is 247 g/mol. The zero-order valence-electron chi connectivity index (χ0n) is 9.90. The van der Waals surface area contributed by atoms with Crippen LogP contribution >= 0.6 is 0 Å². The number of hydrogen-bond donors (Lipinski definition) is 2. The fraction of sp³-hybridized carbons (Fsp3) is 0.250. The summed E-state index contributed by atoms with van der Waals surface area (Å²) in [7, 11) is 0. The number of benzene rings is 1. The fourth-order valence-corrected chi connectivity index (χ4v) is 1.81. The van der Waals surface area contributed by atoms with E-state index in [9.17, 15) is 14.4 Å². The standard InChI is InChI=1S/C12H13N3O3/c1-8(16)13-14-11(17)7-15-6-9-4-2-3-5-10(9)12(15)18/h2-5H,6-7H2,1H3,(H,13,16)(H,14,17). The highest BCUT2D eigenvalue weighted by Gasteiger charge is 2.28. The first-order valence-electron chi connectivity index (χ1n) is 5.50. The first-order chi connectivity index (χ1) is 8.58. The van der Waals surface area contributed by atoms with Crippen molar-refractivity contribution in [2.45, 2.75) is 13.5 Å². The van der Waals surface area contributed by atoms with Gasteiger partial charge < -0.3 is 4.90 Å². The van der Waals surface area contributed by atoms with Crippen LogP contribution in [-0.4, -0.2) is 29.2 Å². The van der Waals surface area contributed by atoms with Gasteiger partial charge in [0.1, 0.15) is 6.54 Å². The van der Waals surface area contributed by atoms with Crippen LogP contribution < -0.4 is 10.9 Å². The van der Waals surface area contributed by atoms with Crippen molar-refractivity contribution < 1.29 is 14.4 Å². The average Bonchev–Trinajstić information content (AvgIpc) is 2.65. The van der Waals surface area contributed by atoms with Crippen molar-refractivity contribution in [3.05, 3.63) is 35.4 Å². The molecule has 0 atom stereocenters. The van der Waals surface area contributed by atoms with E-state index in [-0.39, 0.29) is 18.4 Å². The van der Waals surface area contributed by atoms with Gasteiger partial charge in [-0.1, -0.05) is 18.2 Å². The molecule has 0 unspecified atom stereocenters. The van der Waals surface area contributed by atoms with Crippen LogP contribution in [0.25, 0.3) is 0 Å². The highest BCUT2D eigenvalue weighted by Crippen LogP contribution is 2.21. The van der Waals surface area contributed by atoms with Gasteiger partial charge in [-0.3, -0.25) is 25.2 Å². The number of hydrogen-bond acceptors (Lipinski definition) is 3. The molecule has 3 amide bonds. The number of amides is 3. The Morgan fingerprint density at radius 3 is 2.67 bits per heavy atom. The Hall–Kier alpha value is -2.37. The Kier molecular flexibility index (Phi) is 3.27. The third kappa shape index (κ3) is 2.48. The fourth-order valence-electron chi connectivity index (χ4n) is 1.81. The van der Waals surface area contributed by atoms with Crippen LogP contribution in [0.15, 0.2) is 24.3 Å². The number of hydrazine groups is 1. The Balaban J connectivity index is 1.96. The van der Waals surface area contributed by atoms with Crippen molar-refractivity contribution in [1.29, 1.82) is 0 Å². The minimum Gasteiger partial charge on any atom is -0.325 e. The zero-order valence-corrected chi connectivity index (χ0v) is 9.90. The van der Waals surface area contributed by atoms with Crippen molar-refractivity contribution in [3.8, 4) is 0 Å². The summed E-state index contributed by atoms with van der Waals surface area (Å²) in [6, 6.07) is 7.24. The van der Waals surface area contributed by atoms with Crippen molar-refractivity contribution >= 4 is 17.7 Å². The molecule has 1 heterocycles. The summed E-state index contributed by atoms with van der Waals surface area (Å²) in [5.41, 5.74) is 5.94. The minimum absolute atomic E-state index is 0.0756. The van der Waals surface area contributed by atoms with Gasteiger partial charge in [-0.2, -0.15) is 0 Å². The van der Waals surface area contributed by atoms with Gasteiger partial charge in [0.25, 0.3) is 11.8 Å². The molecule has 2 rings (SSSR count). The van der Waals surface area contributed by atoms with E-state index in [1.54, 1.807) is 12.1 Å². The maximum atomic E-state index is 11.9. The lowest BCUT2D eigenvalue weighted by Crippen LogP contribution is -2.45. The van der Waals surface area contributed by atoms with E-state index in [2.05, 4.69) is 10.9 Å². The molecule has 6 nitrogen and oxygen atoms in total. The lowest BCUT2D eigenvalue weighted by atomic mass is 10.1. The van der Waals surface area contributed by atoms with E-state index in [1.807, 2.05) is 12.1 Å². The molecule has 94 valence electrons. The van der Waals surface area contributed by atoms with Crippen LogP contribution in [0.4, 0.5) is 0 Å². The predicted molar refractivity (Wildman–Crippen MR) is 63.1 cm³/mol. The SMILES string of the molecule is CC(=O)NNC(=O)CN1Cc2ccccc2C1=O. The summed E-state index contributed by atoms with van der Waals surface area (Å²) in [5.74, 6) is -0.950. The van der Waals surface area contributed by atoms with Crippen molar-refractivity contribution in [3.63, 3.8) is 0 Å². The lowest BCUT2D eigenvalue weighted by Gasteiger charge is -2.15. The van der Waals surface area contributed by atoms with E-state index in [0.717, 1.165) is 5.56 Å². The number of nitrogens with one attached hydrogen (secondary N) is 2. The van der Waals surface area contributed by atoms with Crippen molar-refractivity contribution in [1.82, 2.24) is 15.8 Å². The van der Waals surface area contributed by atoms with E-state index in [1.165, 1.54) is 11.8 Å². The summed E-state index contributed by atoms with van der Waals surface area (Å²) >= 11 is 0. The number of carbonyl (C=O) groups is 3. The molecule has 0 saturated heterocycles. The normalized spacial score (nSPS) is 13.2. The molecule has 0 radical (unpaired) electrons. The van der Waals surface area contributed by atoms with E-state index in [0.29, 0.717) is 12.1 Å². The molecule has 0 aliphatic carbocycles. The molecule has 6 heteroatoms. The van der Waals surface area contributed by atoms with Gasteiger partial charge >= 0.3 is 0 Å². The van der Waals surface area contributed by atoms with Gasteiger partial charge in [-0.05, 0) is 11.6 Å². The second-order valence-corrected chi connectivity index (χ2v) is 4.05. The molecular formula is C12H13N3O3. The third-order valence-electron chi connectivity index (χ3n) is 2.61. The van der Waals surface area contributed by atoms with Crippen LogP contribution in [0.3, 0.4) is 0 Å². The molecule has 2 N–H and O–H groups in total. The second-order valence-electron chi connectivity index (χ2n) is 4.05. The number of fused-ring (bicyclic) bond motifs is 1. The molecule has 1 aliphatic heterocycles. The minimum atomic E-state index is -0.425. The van der Waals surface area contributed by atoms with Crippen LogP contribution in [0.2, 0.25) is 0 Å². The number of carbonyl (C=O) groups excluding carboxylic acids is 3. The van der Waals surface area contributed by atoms with Crippen LogP contribution in [0.1, 0.15) is 22.8 Å². The highest BCUT2D eigenvalue weighted by atomic mass is 16.2. The van der Waals surface area contributed by atoms with Gasteiger partial charge in [-0.25, -0.2) is 0 Å². The average molecular weight is 247 g/mol. The van der Waals surface area contributed by atoms with E-state index >= 15 is 0 Å². The molecule has 1 aromatic rings. The van der Waals surface area contributed by atoms with Gasteiger partial charge in [0.2, 0.25) is 5.91 Å². The summed E-state index contributed by atoms with van der Waals surface area (Å²) in [6.07, 6.45) is 0. The first kappa shape index (κ1) is 12.1. The van der Waals surface area contributed by atoms with Crippen LogP contribution in [-0.2, 0) is 16.1 Å². The lowest BCUT2D eigenvalue weighted by molar-refractivity contribution is -0.128. The second kappa shape index (κ2) is 4.87. The predicted octanol–water partition coefficient (Wildman–Crippen LogP) is -0.190. The van der Waals surface area contributed by atoms with E-state index < -0.39 is 5.91 Å². The molecule has 1 aromatic carbocycles. The molecule has 1 aliphatic rings. The summed E-state index contributed by atoms with van der Waals surface area (Å²) in [4.78, 5) is 35.5. The topological polar surface area (TPSA) is 78.5 Å². The maximum absolute atomic E-state index is 11.9. The molecule has 0 aromatic heterocycles. The number of nitrogens with zero attached hydrogens (tertiary/aromatic N) is 1. The summed E-state index contributed by atoms with van der Waals surface area (Å²) < 4.78 is 0. The maximum Gasteiger partial charge on any atom is 0.258 e. The molecule has 0 spiro atoms. The Morgan fingerprint density at radius 1 is 1.28 bits per heavy atom. The summed E-state index contributed by atoms with van der Waals surface area (Å²) in [5, 5.41) is 0. The molecule has 0 fully saturated rings. The molecule has 0 saturated carbocycles. The Labute approximate surface area is 104 Å². The molecule has 18 heavy (non-hydrogen) atoms. The summed E-state index contributed by atoms with van der Waals surface area (Å²) in [6.45, 7) is 1.63. The smallest absolute Gasteiger partial charge is 0.258 e. The Bertz CT molecular complexity index is 513. The van der Waals surface area contributed by atoms with Gasteiger partial charge in [0.05, 0.1) is 0 Å². The Morgan fingerprint density at radius 2 is 2.00 bits per heavy atom. The first-order valence-corrected chi connectivity index (χ1v) is 5.50. The quantitative estimate of drug-likeness (QED) is 0.711. The van der Waals surface area contributed by atoms with Gasteiger partial charge in [0.15, 0.2) is 0 Å². The van der Waals surface area contributed by atoms with Crippen LogP contribution in [0, 0.1) is 0 Å². The van der Waals surface area contributed by atoms with Crippen LogP contribution in [0.5, 0.6) is 0 Å². The van der Waals surface area contributed by atoms with Gasteiger partial charge in [-0.15, -0.1) is 0 Å². The number of rotatable bonds is 2. The van der Waals surface area contributed by atoms with E-state index in [4.69, 9.17) is 0 Å². The van der Waals surface area contributed by atoms with Crippen molar-refractivity contribution in [2.24, 2.45) is 0 Å². The molecule has 0 bridgehead atoms. The third-order valence-corrected chi connectivity index (χ3v) is 2.61. The van der Waals surface area contributed by atoms with Gasteiger partial charge in [0, 0.05) is 19.0 Å². The zero-order chi connectivity index (χ0) is 13.1. The largest absolute Gasteiger partial charge is 0.325 e. The molecular weight excluding hydrogens is 234 g/mol. The highest BCUT2D eigenvalue weighted by molar-refractivity contribution is 6.00. The van der Waals surface area contributed by atoms with Crippen molar-refractivity contribution in [2.75, 3.05) is 6.54 Å².